The van der Waals surface area contributed by atoms with Crippen LogP contribution in [0.15, 0.2) is 110 Å². The summed E-state index contributed by atoms with van der Waals surface area (Å²) in [4.78, 5) is 0. The second kappa shape index (κ2) is 19.7. The molecule has 0 fully saturated rings. The van der Waals surface area contributed by atoms with Crippen LogP contribution in [-0.2, 0) is 5.41 Å². The molecule has 0 aliphatic heterocycles. The summed E-state index contributed by atoms with van der Waals surface area (Å²) in [7, 11) is 0. The number of benzene rings is 4. The fourth-order valence-electron chi connectivity index (χ4n) is 4.65. The Balaban J connectivity index is -0.000000818. The van der Waals surface area contributed by atoms with Crippen LogP contribution in [0.5, 0.6) is 0 Å². The zero-order chi connectivity index (χ0) is 25.8. The SMILES string of the molecule is C.C.C.C.C=CC.C=CCCC.CC.CC=CC1(C)c2cc3ccccc3cc2-c2cc3ccccc3cc21. The molecule has 0 aromatic heterocycles. The van der Waals surface area contributed by atoms with Gasteiger partial charge in [0.25, 0.3) is 0 Å². The largest absolute Gasteiger partial charge is 0.103 e. The first kappa shape index (κ1) is 40.1. The van der Waals surface area contributed by atoms with Gasteiger partial charge in [-0.1, -0.05) is 130 Å². The van der Waals surface area contributed by atoms with Crippen LogP contribution < -0.4 is 0 Å². The van der Waals surface area contributed by atoms with Gasteiger partial charge < -0.3 is 0 Å². The fraction of sp³-hybridized carbons (Fsp3) is 0.333. The number of rotatable bonds is 3. The van der Waals surface area contributed by atoms with Crippen molar-refractivity contribution >= 4 is 21.5 Å². The van der Waals surface area contributed by atoms with Crippen molar-refractivity contribution in [1.82, 2.24) is 0 Å². The lowest BCUT2D eigenvalue weighted by atomic mass is 9.79. The molecule has 214 valence electrons. The normalized spacial score (nSPS) is 11.0. The summed E-state index contributed by atoms with van der Waals surface area (Å²) in [6.45, 7) is 19.4. The van der Waals surface area contributed by atoms with Gasteiger partial charge >= 0.3 is 0 Å². The van der Waals surface area contributed by atoms with Crippen molar-refractivity contribution in [3.05, 3.63) is 121 Å². The van der Waals surface area contributed by atoms with Gasteiger partial charge in [-0.2, -0.15) is 0 Å². The minimum absolute atomic E-state index is 0. The van der Waals surface area contributed by atoms with Gasteiger partial charge in [0.05, 0.1) is 0 Å². The summed E-state index contributed by atoms with van der Waals surface area (Å²) in [5.74, 6) is 0. The lowest BCUT2D eigenvalue weighted by Gasteiger charge is -2.24. The standard InChI is InChI=1S/C25H20.C5H10.C3H6.C2H6.4CH4/c1-3-12-25(2)23-15-19-10-6-4-8-17(19)13-21(23)22-14-18-9-5-7-11-20(18)16-24(22)25;1-3-5-4-2;1-3-2;1-2;;;;/h3-16H,1-2H3;3H,1,4-5H2,2H3;3H,1H2,2H3;1-2H3;4*1H4. The summed E-state index contributed by atoms with van der Waals surface area (Å²) in [6, 6.07) is 26.8. The van der Waals surface area contributed by atoms with E-state index in [-0.39, 0.29) is 35.1 Å². The van der Waals surface area contributed by atoms with Gasteiger partial charge in [0.2, 0.25) is 0 Å². The van der Waals surface area contributed by atoms with Crippen LogP contribution in [0.1, 0.15) is 95.2 Å². The van der Waals surface area contributed by atoms with Gasteiger partial charge in [-0.15, -0.1) is 13.2 Å². The molecule has 4 aromatic carbocycles. The molecule has 0 amide bonds. The Kier molecular flexibility index (Phi) is 20.2. The predicted octanol–water partition coefficient (Wildman–Crippen LogP) is 13.6. The molecule has 0 saturated carbocycles. The van der Waals surface area contributed by atoms with Crippen LogP contribution >= 0.6 is 0 Å². The highest BCUT2D eigenvalue weighted by molar-refractivity contribution is 5.98. The van der Waals surface area contributed by atoms with E-state index in [0.29, 0.717) is 0 Å². The molecular formula is C39H58. The molecule has 0 spiro atoms. The van der Waals surface area contributed by atoms with Gasteiger partial charge in [-0.25, -0.2) is 0 Å². The monoisotopic (exact) mass is 526 g/mol. The van der Waals surface area contributed by atoms with Crippen molar-refractivity contribution in [1.29, 1.82) is 0 Å². The maximum Gasteiger partial charge on any atom is 0.0366 e. The number of fused-ring (bicyclic) bond motifs is 5. The molecule has 5 rings (SSSR count). The quantitative estimate of drug-likeness (QED) is 0.233. The van der Waals surface area contributed by atoms with Crippen molar-refractivity contribution in [3.63, 3.8) is 0 Å². The van der Waals surface area contributed by atoms with E-state index in [0.717, 1.165) is 6.42 Å². The Morgan fingerprint density at radius 1 is 0.667 bits per heavy atom. The molecule has 39 heavy (non-hydrogen) atoms. The molecule has 0 atom stereocenters. The Morgan fingerprint density at radius 2 is 1.00 bits per heavy atom. The Hall–Kier alpha value is -3.38. The van der Waals surface area contributed by atoms with Gasteiger partial charge in [0, 0.05) is 5.41 Å². The van der Waals surface area contributed by atoms with E-state index in [2.05, 4.69) is 119 Å². The van der Waals surface area contributed by atoms with Gasteiger partial charge in [-0.3, -0.25) is 0 Å². The van der Waals surface area contributed by atoms with Crippen molar-refractivity contribution in [2.75, 3.05) is 0 Å². The topological polar surface area (TPSA) is 0 Å². The Labute approximate surface area is 243 Å². The minimum atomic E-state index is -0.0759. The first-order chi connectivity index (χ1) is 17.0. The van der Waals surface area contributed by atoms with Gasteiger partial charge in [0.15, 0.2) is 0 Å². The lowest BCUT2D eigenvalue weighted by molar-refractivity contribution is 0.748. The van der Waals surface area contributed by atoms with Gasteiger partial charge in [0.1, 0.15) is 0 Å². The summed E-state index contributed by atoms with van der Waals surface area (Å²) in [5.41, 5.74) is 5.50. The molecule has 0 unspecified atom stereocenters. The first-order valence-electron chi connectivity index (χ1n) is 12.9. The molecule has 0 saturated heterocycles. The van der Waals surface area contributed by atoms with Crippen LogP contribution in [0.4, 0.5) is 0 Å². The fourth-order valence-corrected chi connectivity index (χ4v) is 4.65. The van der Waals surface area contributed by atoms with Crippen LogP contribution in [0.25, 0.3) is 32.7 Å². The lowest BCUT2D eigenvalue weighted by Crippen LogP contribution is -2.17. The third-order valence-corrected chi connectivity index (χ3v) is 6.17. The Morgan fingerprint density at radius 3 is 1.26 bits per heavy atom. The molecular weight excluding hydrogens is 468 g/mol. The van der Waals surface area contributed by atoms with Crippen molar-refractivity contribution < 1.29 is 0 Å². The van der Waals surface area contributed by atoms with Crippen LogP contribution in [0, 0.1) is 0 Å². The molecule has 4 aromatic rings. The van der Waals surface area contributed by atoms with E-state index in [9.17, 15) is 0 Å². The van der Waals surface area contributed by atoms with E-state index in [4.69, 9.17) is 0 Å². The summed E-state index contributed by atoms with van der Waals surface area (Å²) in [5, 5.41) is 5.25. The van der Waals surface area contributed by atoms with Gasteiger partial charge in [-0.05, 0) is 95.3 Å². The summed E-state index contributed by atoms with van der Waals surface area (Å²) < 4.78 is 0. The first-order valence-corrected chi connectivity index (χ1v) is 12.9. The summed E-state index contributed by atoms with van der Waals surface area (Å²) >= 11 is 0. The highest BCUT2D eigenvalue weighted by Gasteiger charge is 2.37. The number of allylic oxidation sites excluding steroid dienone is 4. The van der Waals surface area contributed by atoms with Crippen molar-refractivity contribution in [2.45, 2.75) is 89.5 Å². The number of hydrogen-bond donors (Lipinski definition) is 0. The maximum atomic E-state index is 3.55. The zero-order valence-electron chi connectivity index (χ0n) is 22.6. The van der Waals surface area contributed by atoms with Crippen LogP contribution in [0.2, 0.25) is 0 Å². The highest BCUT2D eigenvalue weighted by Crippen LogP contribution is 2.51. The molecule has 0 radical (unpaired) electrons. The second-order valence-corrected chi connectivity index (χ2v) is 8.68. The average Bonchev–Trinajstić information content (AvgIpc) is 3.11. The zero-order valence-corrected chi connectivity index (χ0v) is 22.6. The van der Waals surface area contributed by atoms with E-state index in [1.165, 1.54) is 50.2 Å². The number of unbranched alkanes of at least 4 members (excludes halogenated alkanes) is 1. The average molecular weight is 527 g/mol. The summed E-state index contributed by atoms with van der Waals surface area (Å²) in [6.07, 6.45) is 10.6. The predicted molar refractivity (Wildman–Crippen MR) is 187 cm³/mol. The molecule has 0 heteroatoms. The second-order valence-electron chi connectivity index (χ2n) is 8.68. The smallest absolute Gasteiger partial charge is 0.0366 e. The third-order valence-electron chi connectivity index (χ3n) is 6.17. The third kappa shape index (κ3) is 8.82. The molecule has 1 aliphatic rings. The van der Waals surface area contributed by atoms with Crippen molar-refractivity contribution in [3.8, 4) is 11.1 Å². The van der Waals surface area contributed by atoms with E-state index < -0.39 is 0 Å². The molecule has 0 nitrogen and oxygen atoms in total. The van der Waals surface area contributed by atoms with E-state index in [1.54, 1.807) is 6.08 Å². The van der Waals surface area contributed by atoms with Crippen LogP contribution in [0.3, 0.4) is 0 Å². The molecule has 0 heterocycles. The van der Waals surface area contributed by atoms with E-state index in [1.807, 2.05) is 26.8 Å². The molecule has 0 N–H and O–H groups in total. The maximum absolute atomic E-state index is 3.55. The molecule has 0 bridgehead atoms. The van der Waals surface area contributed by atoms with E-state index >= 15 is 0 Å². The van der Waals surface area contributed by atoms with Crippen molar-refractivity contribution in [2.24, 2.45) is 0 Å². The number of hydrogen-bond acceptors (Lipinski definition) is 0. The highest BCUT2D eigenvalue weighted by atomic mass is 14.4. The minimum Gasteiger partial charge on any atom is -0.103 e. The molecule has 1 aliphatic carbocycles. The van der Waals surface area contributed by atoms with Crippen LogP contribution in [-0.4, -0.2) is 0 Å². The Bertz CT molecular complexity index is 1200.